The second-order valence-electron chi connectivity index (χ2n) is 7.34. The van der Waals surface area contributed by atoms with Crippen molar-refractivity contribution in [2.45, 2.75) is 39.0 Å². The molecule has 1 N–H and O–H groups in total. The van der Waals surface area contributed by atoms with E-state index in [4.69, 9.17) is 11.6 Å². The molecule has 1 aliphatic heterocycles. The third-order valence-electron chi connectivity index (χ3n) is 5.37. The first-order valence-electron chi connectivity index (χ1n) is 9.09. The summed E-state index contributed by atoms with van der Waals surface area (Å²) in [6.07, 6.45) is 5.07. The summed E-state index contributed by atoms with van der Waals surface area (Å²) in [6.45, 7) is 4.66. The molecule has 0 unspecified atom stereocenters. The minimum Gasteiger partial charge on any atom is -0.340 e. The number of benzene rings is 1. The second-order valence-corrected chi connectivity index (χ2v) is 7.78. The molecule has 0 atom stereocenters. The first-order chi connectivity index (χ1) is 12.0. The molecule has 1 aromatic rings. The minimum absolute atomic E-state index is 0.136. The molecule has 1 saturated carbocycles. The second kappa shape index (κ2) is 7.65. The molecule has 136 valence electrons. The lowest BCUT2D eigenvalue weighted by Crippen LogP contribution is -2.44. The largest absolute Gasteiger partial charge is 0.340 e. The van der Waals surface area contributed by atoms with Crippen molar-refractivity contribution in [2.24, 2.45) is 5.41 Å². The molecule has 0 aromatic heterocycles. The molecule has 1 heterocycles. The van der Waals surface area contributed by atoms with E-state index in [9.17, 15) is 9.59 Å². The monoisotopic (exact) mass is 363 g/mol. The van der Waals surface area contributed by atoms with E-state index in [-0.39, 0.29) is 17.4 Å². The Kier molecular flexibility index (Phi) is 5.52. The Labute approximate surface area is 154 Å². The maximum atomic E-state index is 12.9. The van der Waals surface area contributed by atoms with Gasteiger partial charge in [0.2, 0.25) is 5.91 Å². The van der Waals surface area contributed by atoms with Crippen LogP contribution in [0.5, 0.6) is 0 Å². The van der Waals surface area contributed by atoms with Crippen LogP contribution in [0.1, 0.15) is 39.0 Å². The molecular formula is C19H26ClN3O2. The summed E-state index contributed by atoms with van der Waals surface area (Å²) in [5, 5.41) is 3.48. The van der Waals surface area contributed by atoms with Crippen LogP contribution in [0.2, 0.25) is 5.02 Å². The summed E-state index contributed by atoms with van der Waals surface area (Å²) in [7, 11) is 0. The van der Waals surface area contributed by atoms with Crippen molar-refractivity contribution in [1.82, 2.24) is 9.80 Å². The number of rotatable bonds is 2. The van der Waals surface area contributed by atoms with Crippen molar-refractivity contribution in [2.75, 3.05) is 31.5 Å². The zero-order valence-electron chi connectivity index (χ0n) is 14.8. The molecule has 0 spiro atoms. The molecule has 1 aromatic carbocycles. The molecule has 0 bridgehead atoms. The van der Waals surface area contributed by atoms with Crippen molar-refractivity contribution in [3.8, 4) is 0 Å². The Morgan fingerprint density at radius 2 is 1.72 bits per heavy atom. The van der Waals surface area contributed by atoms with Crippen LogP contribution in [0, 0.1) is 5.41 Å². The van der Waals surface area contributed by atoms with Gasteiger partial charge in [0.05, 0.1) is 0 Å². The van der Waals surface area contributed by atoms with Gasteiger partial charge in [-0.15, -0.1) is 0 Å². The molecule has 3 amide bonds. The normalized spacial score (nSPS) is 20.2. The van der Waals surface area contributed by atoms with Gasteiger partial charge in [-0.25, -0.2) is 4.79 Å². The van der Waals surface area contributed by atoms with Gasteiger partial charge in [0.15, 0.2) is 0 Å². The maximum Gasteiger partial charge on any atom is 0.321 e. The topological polar surface area (TPSA) is 52.7 Å². The Hall–Kier alpha value is -1.75. The maximum absolute atomic E-state index is 12.9. The van der Waals surface area contributed by atoms with Crippen LogP contribution in [0.15, 0.2) is 24.3 Å². The number of halogens is 1. The molecule has 1 saturated heterocycles. The van der Waals surface area contributed by atoms with E-state index in [0.29, 0.717) is 30.3 Å². The molecule has 1 aliphatic carbocycles. The average Bonchev–Trinajstić information content (AvgIpc) is 2.89. The van der Waals surface area contributed by atoms with Gasteiger partial charge in [-0.3, -0.25) is 4.79 Å². The summed E-state index contributed by atoms with van der Waals surface area (Å²) in [4.78, 5) is 29.1. The Morgan fingerprint density at radius 1 is 1.04 bits per heavy atom. The highest BCUT2D eigenvalue weighted by Crippen LogP contribution is 2.39. The predicted molar refractivity (Wildman–Crippen MR) is 99.8 cm³/mol. The van der Waals surface area contributed by atoms with E-state index in [1.54, 1.807) is 17.0 Å². The quantitative estimate of drug-likeness (QED) is 0.863. The first-order valence-corrected chi connectivity index (χ1v) is 9.47. The van der Waals surface area contributed by atoms with Gasteiger partial charge in [-0.2, -0.15) is 0 Å². The fourth-order valence-electron chi connectivity index (χ4n) is 3.84. The van der Waals surface area contributed by atoms with Crippen LogP contribution in [0.25, 0.3) is 0 Å². The Morgan fingerprint density at radius 3 is 2.44 bits per heavy atom. The van der Waals surface area contributed by atoms with Gasteiger partial charge in [0.25, 0.3) is 0 Å². The molecule has 2 fully saturated rings. The van der Waals surface area contributed by atoms with Crippen molar-refractivity contribution < 1.29 is 9.59 Å². The van der Waals surface area contributed by atoms with Gasteiger partial charge >= 0.3 is 6.03 Å². The lowest BCUT2D eigenvalue weighted by molar-refractivity contribution is -0.140. The van der Waals surface area contributed by atoms with Gasteiger partial charge in [0, 0.05) is 42.3 Å². The number of urea groups is 1. The summed E-state index contributed by atoms with van der Waals surface area (Å²) in [6, 6.07) is 7.00. The summed E-state index contributed by atoms with van der Waals surface area (Å²) < 4.78 is 0. The van der Waals surface area contributed by atoms with E-state index in [2.05, 4.69) is 12.2 Å². The Bertz CT molecular complexity index is 643. The van der Waals surface area contributed by atoms with Gasteiger partial charge < -0.3 is 15.1 Å². The molecule has 25 heavy (non-hydrogen) atoms. The van der Waals surface area contributed by atoms with E-state index in [1.807, 2.05) is 17.0 Å². The van der Waals surface area contributed by atoms with Crippen molar-refractivity contribution in [3.05, 3.63) is 29.3 Å². The number of nitrogens with one attached hydrogen (secondary N) is 1. The lowest BCUT2D eigenvalue weighted by Gasteiger charge is -2.31. The molecule has 6 heteroatoms. The van der Waals surface area contributed by atoms with E-state index in [0.717, 1.165) is 38.6 Å². The molecule has 3 rings (SSSR count). The fourth-order valence-corrected chi connectivity index (χ4v) is 4.03. The summed E-state index contributed by atoms with van der Waals surface area (Å²) in [5.41, 5.74) is 0.492. The first kappa shape index (κ1) is 18.1. The fraction of sp³-hybridized carbons (Fsp3) is 0.579. The van der Waals surface area contributed by atoms with Gasteiger partial charge in [-0.05, 0) is 37.5 Å². The number of hydrogen-bond acceptors (Lipinski definition) is 2. The average molecular weight is 364 g/mol. The van der Waals surface area contributed by atoms with Gasteiger partial charge in [-0.1, -0.05) is 37.4 Å². The SMILES string of the molecule is CC1(C(=O)N2CCCN(C(=O)Nc3cccc(Cl)c3)CC2)CCCC1. The van der Waals surface area contributed by atoms with Gasteiger partial charge in [0.1, 0.15) is 0 Å². The van der Waals surface area contributed by atoms with Crippen molar-refractivity contribution >= 4 is 29.2 Å². The molecule has 0 radical (unpaired) electrons. The van der Waals surface area contributed by atoms with Crippen LogP contribution in [-0.4, -0.2) is 47.9 Å². The third-order valence-corrected chi connectivity index (χ3v) is 5.60. The van der Waals surface area contributed by atoms with E-state index >= 15 is 0 Å². The highest BCUT2D eigenvalue weighted by atomic mass is 35.5. The smallest absolute Gasteiger partial charge is 0.321 e. The minimum atomic E-state index is -0.196. The molecule has 5 nitrogen and oxygen atoms in total. The van der Waals surface area contributed by atoms with Crippen LogP contribution in [0.4, 0.5) is 10.5 Å². The van der Waals surface area contributed by atoms with E-state index in [1.165, 1.54) is 0 Å². The standard InChI is InChI=1S/C19H26ClN3O2/c1-19(8-2-3-9-19)17(24)22-10-5-11-23(13-12-22)18(25)21-16-7-4-6-15(20)14-16/h4,6-7,14H,2-3,5,8-13H2,1H3,(H,21,25). The van der Waals surface area contributed by atoms with Crippen LogP contribution in [-0.2, 0) is 4.79 Å². The molecular weight excluding hydrogens is 338 g/mol. The number of amides is 3. The summed E-state index contributed by atoms with van der Waals surface area (Å²) in [5.74, 6) is 0.266. The van der Waals surface area contributed by atoms with Crippen LogP contribution >= 0.6 is 11.6 Å². The highest BCUT2D eigenvalue weighted by molar-refractivity contribution is 6.30. The Balaban J connectivity index is 1.57. The number of carbonyl (C=O) groups excluding carboxylic acids is 2. The number of nitrogens with zero attached hydrogens (tertiary/aromatic N) is 2. The molecule has 2 aliphatic rings. The zero-order chi connectivity index (χ0) is 17.9. The lowest BCUT2D eigenvalue weighted by atomic mass is 9.87. The zero-order valence-corrected chi connectivity index (χ0v) is 15.5. The van der Waals surface area contributed by atoms with Crippen molar-refractivity contribution in [3.63, 3.8) is 0 Å². The predicted octanol–water partition coefficient (Wildman–Crippen LogP) is 3.99. The third kappa shape index (κ3) is 4.27. The summed E-state index contributed by atoms with van der Waals surface area (Å²) >= 11 is 5.96. The van der Waals surface area contributed by atoms with Crippen molar-refractivity contribution in [1.29, 1.82) is 0 Å². The number of anilines is 1. The number of carbonyl (C=O) groups is 2. The van der Waals surface area contributed by atoms with Crippen LogP contribution in [0.3, 0.4) is 0 Å². The van der Waals surface area contributed by atoms with Crippen LogP contribution < -0.4 is 5.32 Å². The highest BCUT2D eigenvalue weighted by Gasteiger charge is 2.39. The number of hydrogen-bond donors (Lipinski definition) is 1. The van der Waals surface area contributed by atoms with E-state index < -0.39 is 0 Å².